The predicted molar refractivity (Wildman–Crippen MR) is 108 cm³/mol. The van der Waals surface area contributed by atoms with E-state index in [0.29, 0.717) is 0 Å². The second-order valence-corrected chi connectivity index (χ2v) is 7.57. The monoisotopic (exact) mass is 410 g/mol. The quantitative estimate of drug-likeness (QED) is 0.514. The summed E-state index contributed by atoms with van der Waals surface area (Å²) in [6.07, 6.45) is 2.00. The van der Waals surface area contributed by atoms with Crippen LogP contribution in [0, 0.1) is 0 Å². The maximum Gasteiger partial charge on any atom is 0.142 e. The van der Waals surface area contributed by atoms with Gasteiger partial charge < -0.3 is 14.2 Å². The SMILES string of the molecule is COc1ccc2c(c1)C(Oc1ccc3ccccc3c1Br)=CC(C)(C)O2. The summed E-state index contributed by atoms with van der Waals surface area (Å²) in [6.45, 7) is 4.03. The molecule has 26 heavy (non-hydrogen) atoms. The summed E-state index contributed by atoms with van der Waals surface area (Å²) in [5, 5.41) is 2.28. The van der Waals surface area contributed by atoms with Crippen LogP contribution in [0.25, 0.3) is 16.5 Å². The van der Waals surface area contributed by atoms with Crippen molar-refractivity contribution < 1.29 is 14.2 Å². The third kappa shape index (κ3) is 3.06. The zero-order chi connectivity index (χ0) is 18.3. The van der Waals surface area contributed by atoms with E-state index in [0.717, 1.165) is 43.8 Å². The summed E-state index contributed by atoms with van der Waals surface area (Å²) >= 11 is 3.70. The van der Waals surface area contributed by atoms with Crippen molar-refractivity contribution in [1.29, 1.82) is 0 Å². The van der Waals surface area contributed by atoms with Crippen molar-refractivity contribution in [3.8, 4) is 17.2 Å². The first kappa shape index (κ1) is 17.0. The molecule has 1 aliphatic heterocycles. The Kier molecular flexibility index (Phi) is 4.16. The lowest BCUT2D eigenvalue weighted by Crippen LogP contribution is -2.29. The topological polar surface area (TPSA) is 27.7 Å². The van der Waals surface area contributed by atoms with E-state index < -0.39 is 5.60 Å². The normalized spacial score (nSPS) is 15.0. The predicted octanol–water partition coefficient (Wildman–Crippen LogP) is 6.20. The molecule has 0 bridgehead atoms. The van der Waals surface area contributed by atoms with Crippen molar-refractivity contribution in [1.82, 2.24) is 0 Å². The molecule has 4 rings (SSSR count). The minimum Gasteiger partial charge on any atom is -0.497 e. The highest BCUT2D eigenvalue weighted by Crippen LogP contribution is 2.41. The Morgan fingerprint density at radius 3 is 2.62 bits per heavy atom. The maximum absolute atomic E-state index is 6.33. The van der Waals surface area contributed by atoms with Gasteiger partial charge >= 0.3 is 0 Å². The third-order valence-corrected chi connectivity index (χ3v) is 5.17. The molecule has 3 aromatic carbocycles. The molecule has 0 aliphatic carbocycles. The van der Waals surface area contributed by atoms with Crippen LogP contribution in [0.2, 0.25) is 0 Å². The van der Waals surface area contributed by atoms with Crippen LogP contribution < -0.4 is 14.2 Å². The Bertz CT molecular complexity index is 1020. The number of methoxy groups -OCH3 is 1. The van der Waals surface area contributed by atoms with E-state index in [1.54, 1.807) is 7.11 Å². The molecule has 1 heterocycles. The van der Waals surface area contributed by atoms with Gasteiger partial charge in [-0.25, -0.2) is 0 Å². The highest BCUT2D eigenvalue weighted by atomic mass is 79.9. The largest absolute Gasteiger partial charge is 0.497 e. The van der Waals surface area contributed by atoms with Gasteiger partial charge in [0, 0.05) is 6.08 Å². The number of halogens is 1. The van der Waals surface area contributed by atoms with E-state index in [-0.39, 0.29) is 0 Å². The van der Waals surface area contributed by atoms with Crippen LogP contribution in [0.3, 0.4) is 0 Å². The minimum absolute atomic E-state index is 0.458. The van der Waals surface area contributed by atoms with Crippen LogP contribution in [0.15, 0.2) is 65.1 Å². The molecule has 0 spiro atoms. The fraction of sp³-hybridized carbons (Fsp3) is 0.182. The van der Waals surface area contributed by atoms with Gasteiger partial charge in [-0.1, -0.05) is 30.3 Å². The Morgan fingerprint density at radius 2 is 1.81 bits per heavy atom. The van der Waals surface area contributed by atoms with E-state index in [1.165, 1.54) is 0 Å². The van der Waals surface area contributed by atoms with E-state index in [1.807, 2.05) is 56.3 Å². The summed E-state index contributed by atoms with van der Waals surface area (Å²) in [7, 11) is 1.65. The van der Waals surface area contributed by atoms with Crippen LogP contribution >= 0.6 is 15.9 Å². The molecule has 3 aromatic rings. The highest BCUT2D eigenvalue weighted by molar-refractivity contribution is 9.10. The van der Waals surface area contributed by atoms with Crippen molar-refractivity contribution in [3.63, 3.8) is 0 Å². The first-order valence-corrected chi connectivity index (χ1v) is 9.21. The molecule has 0 atom stereocenters. The Balaban J connectivity index is 1.80. The van der Waals surface area contributed by atoms with E-state index >= 15 is 0 Å². The maximum atomic E-state index is 6.33. The molecule has 132 valence electrons. The molecule has 0 radical (unpaired) electrons. The average molecular weight is 411 g/mol. The van der Waals surface area contributed by atoms with Crippen molar-refractivity contribution >= 4 is 32.5 Å². The zero-order valence-corrected chi connectivity index (χ0v) is 16.5. The second kappa shape index (κ2) is 6.36. The van der Waals surface area contributed by atoms with Crippen molar-refractivity contribution in [3.05, 3.63) is 70.7 Å². The fourth-order valence-electron chi connectivity index (χ4n) is 3.12. The van der Waals surface area contributed by atoms with E-state index in [4.69, 9.17) is 14.2 Å². The molecule has 0 aromatic heterocycles. The van der Waals surface area contributed by atoms with Gasteiger partial charge in [-0.2, -0.15) is 0 Å². The summed E-state index contributed by atoms with van der Waals surface area (Å²) in [6, 6.07) is 18.0. The Labute approximate surface area is 161 Å². The van der Waals surface area contributed by atoms with Gasteiger partial charge in [0.25, 0.3) is 0 Å². The summed E-state index contributed by atoms with van der Waals surface area (Å²) in [5.74, 6) is 3.07. The number of hydrogen-bond acceptors (Lipinski definition) is 3. The van der Waals surface area contributed by atoms with Gasteiger partial charge in [-0.15, -0.1) is 0 Å². The second-order valence-electron chi connectivity index (χ2n) is 6.78. The number of benzene rings is 3. The highest BCUT2D eigenvalue weighted by Gasteiger charge is 2.28. The number of rotatable bonds is 3. The first-order chi connectivity index (χ1) is 12.5. The molecule has 3 nitrogen and oxygen atoms in total. The number of hydrogen-bond donors (Lipinski definition) is 0. The van der Waals surface area contributed by atoms with E-state index in [9.17, 15) is 0 Å². The summed E-state index contributed by atoms with van der Waals surface area (Å²) in [5.41, 5.74) is 0.420. The lowest BCUT2D eigenvalue weighted by molar-refractivity contribution is 0.154. The first-order valence-electron chi connectivity index (χ1n) is 8.42. The number of fused-ring (bicyclic) bond motifs is 2. The van der Waals surface area contributed by atoms with Crippen LogP contribution in [-0.2, 0) is 0 Å². The van der Waals surface area contributed by atoms with Gasteiger partial charge in [0.1, 0.15) is 28.6 Å². The van der Waals surface area contributed by atoms with E-state index in [2.05, 4.69) is 34.1 Å². The van der Waals surface area contributed by atoms with Crippen LogP contribution in [0.4, 0.5) is 0 Å². The molecule has 0 amide bonds. The minimum atomic E-state index is -0.458. The number of ether oxygens (including phenoxy) is 3. The average Bonchev–Trinajstić information content (AvgIpc) is 2.63. The Morgan fingerprint density at radius 1 is 1.00 bits per heavy atom. The van der Waals surface area contributed by atoms with Gasteiger partial charge in [-0.3, -0.25) is 0 Å². The molecule has 0 unspecified atom stereocenters. The van der Waals surface area contributed by atoms with Crippen LogP contribution in [-0.4, -0.2) is 12.7 Å². The van der Waals surface area contributed by atoms with Crippen LogP contribution in [0.1, 0.15) is 19.4 Å². The smallest absolute Gasteiger partial charge is 0.142 e. The molecule has 4 heteroatoms. The lowest BCUT2D eigenvalue weighted by Gasteiger charge is -2.31. The molecular formula is C22H19BrO3. The van der Waals surface area contributed by atoms with Gasteiger partial charge in [0.15, 0.2) is 0 Å². The summed E-state index contributed by atoms with van der Waals surface area (Å²) < 4.78 is 18.7. The third-order valence-electron chi connectivity index (χ3n) is 4.35. The Hall–Kier alpha value is -2.46. The molecular weight excluding hydrogens is 392 g/mol. The van der Waals surface area contributed by atoms with Gasteiger partial charge in [0.2, 0.25) is 0 Å². The fourth-order valence-corrected chi connectivity index (χ4v) is 3.69. The molecule has 0 saturated carbocycles. The van der Waals surface area contributed by atoms with Gasteiger partial charge in [0.05, 0.1) is 17.1 Å². The zero-order valence-electron chi connectivity index (χ0n) is 14.9. The van der Waals surface area contributed by atoms with Crippen LogP contribution in [0.5, 0.6) is 17.2 Å². The molecule has 0 N–H and O–H groups in total. The van der Waals surface area contributed by atoms with Crippen molar-refractivity contribution in [2.24, 2.45) is 0 Å². The molecule has 0 saturated heterocycles. The standard InChI is InChI=1S/C22H19BrO3/c1-22(2)13-20(17-12-15(24-3)9-11-18(17)26-22)25-19-10-8-14-6-4-5-7-16(14)21(19)23/h4-13H,1-3H3. The summed E-state index contributed by atoms with van der Waals surface area (Å²) in [4.78, 5) is 0. The molecule has 0 fully saturated rings. The lowest BCUT2D eigenvalue weighted by atomic mass is 10.0. The van der Waals surface area contributed by atoms with Crippen molar-refractivity contribution in [2.45, 2.75) is 19.4 Å². The molecule has 1 aliphatic rings. The van der Waals surface area contributed by atoms with Crippen molar-refractivity contribution in [2.75, 3.05) is 7.11 Å². The van der Waals surface area contributed by atoms with Gasteiger partial charge in [-0.05, 0) is 64.8 Å².